The van der Waals surface area contributed by atoms with Crippen LogP contribution in [-0.4, -0.2) is 17.1 Å². The standard InChI is InChI=1S/C12H9BrCl2N2O/c1-18-6-8-5-11(15)17-12(16-8)9-3-2-7(13)4-10(9)14/h2-5H,6H2,1H3. The van der Waals surface area contributed by atoms with Crippen molar-refractivity contribution in [2.75, 3.05) is 7.11 Å². The fourth-order valence-electron chi connectivity index (χ4n) is 1.48. The molecule has 0 spiro atoms. The molecule has 2 rings (SSSR count). The molecule has 0 saturated carbocycles. The Morgan fingerprint density at radius 1 is 1.22 bits per heavy atom. The Balaban J connectivity index is 2.49. The van der Waals surface area contributed by atoms with Gasteiger partial charge in [-0.2, -0.15) is 0 Å². The van der Waals surface area contributed by atoms with Crippen LogP contribution in [0, 0.1) is 0 Å². The average molecular weight is 348 g/mol. The first-order valence-corrected chi connectivity index (χ1v) is 6.63. The zero-order chi connectivity index (χ0) is 13.1. The molecule has 0 saturated heterocycles. The third kappa shape index (κ3) is 3.20. The highest BCUT2D eigenvalue weighted by molar-refractivity contribution is 9.10. The maximum atomic E-state index is 6.16. The van der Waals surface area contributed by atoms with Gasteiger partial charge in [0, 0.05) is 17.1 Å². The van der Waals surface area contributed by atoms with E-state index in [4.69, 9.17) is 27.9 Å². The lowest BCUT2D eigenvalue weighted by Gasteiger charge is -2.06. The molecule has 18 heavy (non-hydrogen) atoms. The second kappa shape index (κ2) is 5.97. The first-order valence-electron chi connectivity index (χ1n) is 5.08. The summed E-state index contributed by atoms with van der Waals surface area (Å²) >= 11 is 15.5. The summed E-state index contributed by atoms with van der Waals surface area (Å²) in [5, 5.41) is 0.932. The SMILES string of the molecule is COCc1cc(Cl)nc(-c2ccc(Br)cc2Cl)n1. The molecule has 0 aliphatic carbocycles. The molecule has 0 aliphatic heterocycles. The van der Waals surface area contributed by atoms with E-state index in [9.17, 15) is 0 Å². The van der Waals surface area contributed by atoms with Gasteiger partial charge in [0.25, 0.3) is 0 Å². The number of benzene rings is 1. The summed E-state index contributed by atoms with van der Waals surface area (Å²) in [6, 6.07) is 7.18. The van der Waals surface area contributed by atoms with E-state index in [0.717, 1.165) is 10.0 Å². The van der Waals surface area contributed by atoms with Gasteiger partial charge in [-0.1, -0.05) is 39.1 Å². The fraction of sp³-hybridized carbons (Fsp3) is 0.167. The van der Waals surface area contributed by atoms with E-state index in [1.807, 2.05) is 12.1 Å². The summed E-state index contributed by atoms with van der Waals surface area (Å²) in [5.74, 6) is 0.493. The van der Waals surface area contributed by atoms with Crippen LogP contribution in [0.5, 0.6) is 0 Å². The lowest BCUT2D eigenvalue weighted by Crippen LogP contribution is -1.98. The van der Waals surface area contributed by atoms with Gasteiger partial charge >= 0.3 is 0 Å². The molecule has 0 amide bonds. The molecule has 0 fully saturated rings. The highest BCUT2D eigenvalue weighted by Gasteiger charge is 2.10. The largest absolute Gasteiger partial charge is 0.378 e. The van der Waals surface area contributed by atoms with Gasteiger partial charge in [-0.3, -0.25) is 0 Å². The molecule has 0 bridgehead atoms. The number of hydrogen-bond donors (Lipinski definition) is 0. The van der Waals surface area contributed by atoms with Crippen LogP contribution in [0.15, 0.2) is 28.7 Å². The minimum absolute atomic E-state index is 0.367. The van der Waals surface area contributed by atoms with Crippen LogP contribution in [0.1, 0.15) is 5.69 Å². The van der Waals surface area contributed by atoms with Crippen molar-refractivity contribution in [1.82, 2.24) is 9.97 Å². The predicted octanol–water partition coefficient (Wildman–Crippen LogP) is 4.36. The van der Waals surface area contributed by atoms with Gasteiger partial charge in [-0.15, -0.1) is 0 Å². The molecule has 1 aromatic carbocycles. The number of nitrogens with zero attached hydrogens (tertiary/aromatic N) is 2. The Labute approximate surface area is 123 Å². The number of rotatable bonds is 3. The lowest BCUT2D eigenvalue weighted by molar-refractivity contribution is 0.181. The minimum atomic E-state index is 0.367. The van der Waals surface area contributed by atoms with E-state index in [1.54, 1.807) is 19.2 Å². The van der Waals surface area contributed by atoms with Gasteiger partial charge in [0.2, 0.25) is 0 Å². The molecular weight excluding hydrogens is 339 g/mol. The first kappa shape index (κ1) is 13.7. The number of hydrogen-bond acceptors (Lipinski definition) is 3. The molecular formula is C12H9BrCl2N2O. The van der Waals surface area contributed by atoms with Crippen molar-refractivity contribution in [2.24, 2.45) is 0 Å². The smallest absolute Gasteiger partial charge is 0.162 e. The molecule has 2 aromatic rings. The van der Waals surface area contributed by atoms with Crippen LogP contribution >= 0.6 is 39.1 Å². The topological polar surface area (TPSA) is 35.0 Å². The molecule has 0 aliphatic rings. The highest BCUT2D eigenvalue weighted by atomic mass is 79.9. The van der Waals surface area contributed by atoms with Gasteiger partial charge in [0.1, 0.15) is 5.15 Å². The summed E-state index contributed by atoms with van der Waals surface area (Å²) in [4.78, 5) is 8.54. The Bertz CT molecular complexity index is 578. The van der Waals surface area contributed by atoms with Gasteiger partial charge in [-0.25, -0.2) is 9.97 Å². The predicted molar refractivity (Wildman–Crippen MR) is 75.9 cm³/mol. The second-order valence-electron chi connectivity index (χ2n) is 3.56. The van der Waals surface area contributed by atoms with Crippen LogP contribution in [0.25, 0.3) is 11.4 Å². The maximum absolute atomic E-state index is 6.16. The van der Waals surface area contributed by atoms with Crippen LogP contribution in [0.2, 0.25) is 10.2 Å². The summed E-state index contributed by atoms with van der Waals surface area (Å²) in [5.41, 5.74) is 1.45. The molecule has 0 N–H and O–H groups in total. The van der Waals surface area contributed by atoms with Crippen molar-refractivity contribution < 1.29 is 4.74 Å². The fourth-order valence-corrected chi connectivity index (χ4v) is 2.44. The van der Waals surface area contributed by atoms with E-state index >= 15 is 0 Å². The summed E-state index contributed by atoms with van der Waals surface area (Å²) < 4.78 is 5.93. The molecule has 0 radical (unpaired) electrons. The third-order valence-corrected chi connectivity index (χ3v) is 3.21. The second-order valence-corrected chi connectivity index (χ2v) is 5.27. The number of halogens is 3. The lowest BCUT2D eigenvalue weighted by atomic mass is 10.2. The number of aromatic nitrogens is 2. The van der Waals surface area contributed by atoms with Crippen LogP contribution < -0.4 is 0 Å². The van der Waals surface area contributed by atoms with E-state index in [-0.39, 0.29) is 0 Å². The van der Waals surface area contributed by atoms with E-state index in [2.05, 4.69) is 25.9 Å². The van der Waals surface area contributed by atoms with Crippen molar-refractivity contribution >= 4 is 39.1 Å². The van der Waals surface area contributed by atoms with Crippen LogP contribution in [0.4, 0.5) is 0 Å². The van der Waals surface area contributed by atoms with Crippen molar-refractivity contribution in [2.45, 2.75) is 6.61 Å². The van der Waals surface area contributed by atoms with Gasteiger partial charge in [0.15, 0.2) is 5.82 Å². The number of ether oxygens (including phenoxy) is 1. The molecule has 1 aromatic heterocycles. The molecule has 3 nitrogen and oxygen atoms in total. The maximum Gasteiger partial charge on any atom is 0.162 e. The van der Waals surface area contributed by atoms with Crippen LogP contribution in [0.3, 0.4) is 0 Å². The zero-order valence-electron chi connectivity index (χ0n) is 9.45. The monoisotopic (exact) mass is 346 g/mol. The average Bonchev–Trinajstić information content (AvgIpc) is 2.28. The van der Waals surface area contributed by atoms with Crippen molar-refractivity contribution in [3.05, 3.63) is 44.6 Å². The van der Waals surface area contributed by atoms with E-state index in [0.29, 0.717) is 28.3 Å². The summed E-state index contributed by atoms with van der Waals surface area (Å²) in [6.45, 7) is 0.378. The molecule has 1 heterocycles. The van der Waals surface area contributed by atoms with Crippen molar-refractivity contribution in [1.29, 1.82) is 0 Å². The Kier molecular flexibility index (Phi) is 4.56. The molecule has 94 valence electrons. The first-order chi connectivity index (χ1) is 8.60. The molecule has 0 unspecified atom stereocenters. The Morgan fingerprint density at radius 2 is 2.00 bits per heavy atom. The van der Waals surface area contributed by atoms with Crippen LogP contribution in [-0.2, 0) is 11.3 Å². The summed E-state index contributed by atoms with van der Waals surface area (Å²) in [6.07, 6.45) is 0. The highest BCUT2D eigenvalue weighted by Crippen LogP contribution is 2.29. The van der Waals surface area contributed by atoms with Gasteiger partial charge < -0.3 is 4.74 Å². The van der Waals surface area contributed by atoms with E-state index < -0.39 is 0 Å². The quantitative estimate of drug-likeness (QED) is 0.774. The Hall–Kier alpha value is -0.680. The number of methoxy groups -OCH3 is 1. The molecule has 0 atom stereocenters. The Morgan fingerprint density at radius 3 is 2.67 bits per heavy atom. The van der Waals surface area contributed by atoms with Gasteiger partial charge in [-0.05, 0) is 24.3 Å². The van der Waals surface area contributed by atoms with E-state index in [1.165, 1.54) is 0 Å². The summed E-state index contributed by atoms with van der Waals surface area (Å²) in [7, 11) is 1.60. The molecule has 6 heteroatoms. The normalized spacial score (nSPS) is 10.7. The van der Waals surface area contributed by atoms with Crippen molar-refractivity contribution in [3.63, 3.8) is 0 Å². The van der Waals surface area contributed by atoms with Crippen molar-refractivity contribution in [3.8, 4) is 11.4 Å². The third-order valence-electron chi connectivity index (χ3n) is 2.21. The van der Waals surface area contributed by atoms with Gasteiger partial charge in [0.05, 0.1) is 17.3 Å². The minimum Gasteiger partial charge on any atom is -0.378 e. The zero-order valence-corrected chi connectivity index (χ0v) is 12.6.